The summed E-state index contributed by atoms with van der Waals surface area (Å²) in [7, 11) is 0. The van der Waals surface area contributed by atoms with Gasteiger partial charge in [-0.1, -0.05) is 76.9 Å². The van der Waals surface area contributed by atoms with Crippen LogP contribution in [0.2, 0.25) is 0 Å². The number of ether oxygens (including phenoxy) is 2. The third-order valence-corrected chi connectivity index (χ3v) is 7.73. The lowest BCUT2D eigenvalue weighted by atomic mass is 10.0. The first-order valence-electron chi connectivity index (χ1n) is 13.8. The largest absolute Gasteiger partial charge is 0.475 e. The third kappa shape index (κ3) is 5.54. The fourth-order valence-electron chi connectivity index (χ4n) is 4.75. The normalized spacial score (nSPS) is 20.1. The highest BCUT2D eigenvalue weighted by molar-refractivity contribution is 6.03. The Labute approximate surface area is 226 Å². The van der Waals surface area contributed by atoms with Crippen molar-refractivity contribution in [2.24, 2.45) is 21.8 Å². The van der Waals surface area contributed by atoms with Gasteiger partial charge in [-0.15, -0.1) is 0 Å². The first-order chi connectivity index (χ1) is 18.6. The minimum Gasteiger partial charge on any atom is -0.475 e. The quantitative estimate of drug-likeness (QED) is 0.295. The molecule has 0 spiro atoms. The van der Waals surface area contributed by atoms with Crippen LogP contribution >= 0.6 is 0 Å². The van der Waals surface area contributed by atoms with Crippen LogP contribution in [-0.4, -0.2) is 37.1 Å². The summed E-state index contributed by atoms with van der Waals surface area (Å²) in [6, 6.07) is 25.0. The van der Waals surface area contributed by atoms with Crippen LogP contribution in [0, 0.1) is 11.8 Å². The van der Waals surface area contributed by atoms with Gasteiger partial charge in [0, 0.05) is 0 Å². The Morgan fingerprint density at radius 3 is 1.39 bits per heavy atom. The molecule has 2 aliphatic heterocycles. The van der Waals surface area contributed by atoms with E-state index in [2.05, 4.69) is 74.7 Å². The number of nitrogens with zero attached hydrogens (tertiary/aromatic N) is 2. The smallest absolute Gasteiger partial charge is 0.218 e. The van der Waals surface area contributed by atoms with Gasteiger partial charge < -0.3 is 20.1 Å². The number of rotatable bonds is 10. The van der Waals surface area contributed by atoms with E-state index in [1.807, 2.05) is 36.4 Å². The molecule has 38 heavy (non-hydrogen) atoms. The highest BCUT2D eigenvalue weighted by Crippen LogP contribution is 2.33. The van der Waals surface area contributed by atoms with E-state index in [0.717, 1.165) is 46.7 Å². The van der Waals surface area contributed by atoms with E-state index in [9.17, 15) is 0 Å². The molecule has 6 nitrogen and oxygen atoms in total. The van der Waals surface area contributed by atoms with Crippen LogP contribution < -0.4 is 10.6 Å². The molecule has 2 N–H and O–H groups in total. The molecule has 0 saturated heterocycles. The van der Waals surface area contributed by atoms with Gasteiger partial charge in [0.15, 0.2) is 0 Å². The second-order valence-electron chi connectivity index (χ2n) is 10.3. The molecule has 0 aromatic heterocycles. The summed E-state index contributed by atoms with van der Waals surface area (Å²) < 4.78 is 12.1. The highest BCUT2D eigenvalue weighted by Gasteiger charge is 2.27. The Kier molecular flexibility index (Phi) is 7.97. The molecule has 0 bridgehead atoms. The maximum atomic E-state index is 6.05. The lowest BCUT2D eigenvalue weighted by Gasteiger charge is -2.17. The summed E-state index contributed by atoms with van der Waals surface area (Å²) >= 11 is 0. The summed E-state index contributed by atoms with van der Waals surface area (Å²) in [4.78, 5) is 9.83. The highest BCUT2D eigenvalue weighted by atomic mass is 16.5. The van der Waals surface area contributed by atoms with Crippen LogP contribution in [0.5, 0.6) is 0 Å². The first kappa shape index (κ1) is 25.8. The Bertz CT molecular complexity index is 1220. The Hall–Kier alpha value is -3.80. The number of hydrogen-bond acceptors (Lipinski definition) is 6. The maximum Gasteiger partial charge on any atom is 0.218 e. The number of hydrogen-bond donors (Lipinski definition) is 2. The van der Waals surface area contributed by atoms with Crippen molar-refractivity contribution in [1.82, 2.24) is 0 Å². The van der Waals surface area contributed by atoms with Crippen molar-refractivity contribution in [2.75, 3.05) is 23.8 Å². The third-order valence-electron chi connectivity index (χ3n) is 7.73. The minimum absolute atomic E-state index is 0.203. The average molecular weight is 511 g/mol. The number of anilines is 4. The predicted octanol–water partition coefficient (Wildman–Crippen LogP) is 7.56. The van der Waals surface area contributed by atoms with E-state index in [0.29, 0.717) is 36.8 Å². The van der Waals surface area contributed by atoms with Crippen molar-refractivity contribution in [1.29, 1.82) is 0 Å². The molecule has 198 valence electrons. The van der Waals surface area contributed by atoms with Crippen molar-refractivity contribution in [3.8, 4) is 0 Å². The molecule has 0 radical (unpaired) electrons. The number of nitrogens with one attached hydrogen (secondary N) is 2. The van der Waals surface area contributed by atoms with Gasteiger partial charge in [0.25, 0.3) is 0 Å². The zero-order valence-corrected chi connectivity index (χ0v) is 22.8. The molecule has 4 atom stereocenters. The minimum atomic E-state index is 0.203. The zero-order valence-electron chi connectivity index (χ0n) is 22.8. The summed E-state index contributed by atoms with van der Waals surface area (Å²) in [6.45, 7) is 10.1. The molecule has 2 heterocycles. The van der Waals surface area contributed by atoms with Gasteiger partial charge in [-0.25, -0.2) is 9.98 Å². The van der Waals surface area contributed by atoms with Gasteiger partial charge in [0.1, 0.15) is 13.2 Å². The summed E-state index contributed by atoms with van der Waals surface area (Å²) in [5, 5.41) is 7.26. The molecule has 2 unspecified atom stereocenters. The molecule has 3 aromatic rings. The van der Waals surface area contributed by atoms with Gasteiger partial charge in [-0.2, -0.15) is 0 Å². The van der Waals surface area contributed by atoms with Gasteiger partial charge in [0.2, 0.25) is 11.8 Å². The Morgan fingerprint density at radius 2 is 1.00 bits per heavy atom. The van der Waals surface area contributed by atoms with Crippen molar-refractivity contribution in [2.45, 2.75) is 52.6 Å². The zero-order chi connectivity index (χ0) is 26.5. The Morgan fingerprint density at radius 1 is 0.632 bits per heavy atom. The summed E-state index contributed by atoms with van der Waals surface area (Å²) in [5.74, 6) is 2.40. The van der Waals surface area contributed by atoms with E-state index in [1.165, 1.54) is 0 Å². The molecular weight excluding hydrogens is 472 g/mol. The maximum absolute atomic E-state index is 6.05. The second kappa shape index (κ2) is 11.7. The van der Waals surface area contributed by atoms with Crippen LogP contribution in [0.3, 0.4) is 0 Å². The lowest BCUT2D eigenvalue weighted by Crippen LogP contribution is -2.16. The monoisotopic (exact) mass is 510 g/mol. The van der Waals surface area contributed by atoms with Crippen molar-refractivity contribution in [3.05, 3.63) is 83.9 Å². The SMILES string of the molecule is CCC(C)[C@H]1COC(c2ccccc2Nc2ccccc2Nc2ccccc2C2=N[C@@H](C(C)CC)CO2)=N1. The molecule has 5 rings (SSSR count). The van der Waals surface area contributed by atoms with Gasteiger partial charge in [-0.05, 0) is 48.2 Å². The molecule has 0 saturated carbocycles. The number of benzene rings is 3. The van der Waals surface area contributed by atoms with E-state index in [-0.39, 0.29) is 12.1 Å². The van der Waals surface area contributed by atoms with Crippen molar-refractivity contribution < 1.29 is 9.47 Å². The van der Waals surface area contributed by atoms with Crippen LogP contribution in [0.15, 0.2) is 82.8 Å². The van der Waals surface area contributed by atoms with Crippen molar-refractivity contribution >= 4 is 34.5 Å². The average Bonchev–Trinajstić information content (AvgIpc) is 3.65. The molecule has 2 aliphatic rings. The molecule has 0 aliphatic carbocycles. The van der Waals surface area contributed by atoms with E-state index in [4.69, 9.17) is 19.5 Å². The molecule has 0 fully saturated rings. The van der Waals surface area contributed by atoms with E-state index < -0.39 is 0 Å². The van der Waals surface area contributed by atoms with E-state index in [1.54, 1.807) is 0 Å². The predicted molar refractivity (Wildman–Crippen MR) is 157 cm³/mol. The number of para-hydroxylation sites is 4. The Balaban J connectivity index is 1.41. The molecule has 3 aromatic carbocycles. The standard InChI is InChI=1S/C32H38N4O2/c1-5-21(3)29-19-37-31(35-29)23-13-7-9-15-25(23)33-27-17-11-12-18-28(27)34-26-16-10-8-14-24(26)32-36-30(20-38-32)22(4)6-2/h7-18,21-22,29-30,33-34H,5-6,19-20H2,1-4H3/t21?,22?,29-,30-/m1/s1. The van der Waals surface area contributed by atoms with Crippen LogP contribution in [0.4, 0.5) is 22.7 Å². The summed E-state index contributed by atoms with van der Waals surface area (Å²) in [6.07, 6.45) is 2.17. The molecule has 6 heteroatoms. The second-order valence-corrected chi connectivity index (χ2v) is 10.3. The fraction of sp³-hybridized carbons (Fsp3) is 0.375. The topological polar surface area (TPSA) is 67.2 Å². The van der Waals surface area contributed by atoms with Gasteiger partial charge >= 0.3 is 0 Å². The number of aliphatic imine (C=N–C) groups is 2. The molecular formula is C32H38N4O2. The van der Waals surface area contributed by atoms with Gasteiger partial charge in [0.05, 0.1) is 46.0 Å². The van der Waals surface area contributed by atoms with Crippen LogP contribution in [0.1, 0.15) is 51.7 Å². The molecule has 0 amide bonds. The van der Waals surface area contributed by atoms with Crippen LogP contribution in [-0.2, 0) is 9.47 Å². The van der Waals surface area contributed by atoms with Crippen LogP contribution in [0.25, 0.3) is 0 Å². The fourth-order valence-corrected chi connectivity index (χ4v) is 4.75. The van der Waals surface area contributed by atoms with Gasteiger partial charge in [-0.3, -0.25) is 0 Å². The summed E-state index contributed by atoms with van der Waals surface area (Å²) in [5.41, 5.74) is 5.77. The van der Waals surface area contributed by atoms with Crippen molar-refractivity contribution in [3.63, 3.8) is 0 Å². The lowest BCUT2D eigenvalue weighted by molar-refractivity contribution is 0.282. The first-order valence-corrected chi connectivity index (χ1v) is 13.8. The van der Waals surface area contributed by atoms with E-state index >= 15 is 0 Å².